The van der Waals surface area contributed by atoms with Crippen molar-refractivity contribution < 1.29 is 12.8 Å². The lowest BCUT2D eigenvalue weighted by atomic mass is 10.3. The first kappa shape index (κ1) is 13.3. The number of nitrogens with two attached hydrogens (primary N) is 1. The van der Waals surface area contributed by atoms with Crippen LogP contribution in [0.5, 0.6) is 0 Å². The molecule has 3 nitrogen and oxygen atoms in total. The molecule has 0 bridgehead atoms. The van der Waals surface area contributed by atoms with E-state index in [2.05, 4.69) is 0 Å². The minimum absolute atomic E-state index is 0.0232. The van der Waals surface area contributed by atoms with E-state index in [-0.39, 0.29) is 16.3 Å². The van der Waals surface area contributed by atoms with Crippen LogP contribution in [-0.4, -0.2) is 26.2 Å². The molecule has 90 valence electrons. The van der Waals surface area contributed by atoms with Crippen LogP contribution in [0, 0.1) is 5.82 Å². The van der Waals surface area contributed by atoms with Crippen LogP contribution < -0.4 is 5.73 Å². The minimum atomic E-state index is -3.38. The van der Waals surface area contributed by atoms with Crippen LogP contribution in [0.15, 0.2) is 23.1 Å². The Kier molecular flexibility index (Phi) is 4.61. The second kappa shape index (κ2) is 5.54. The van der Waals surface area contributed by atoms with Crippen molar-refractivity contribution in [3.05, 3.63) is 24.0 Å². The van der Waals surface area contributed by atoms with Gasteiger partial charge in [-0.05, 0) is 36.6 Å². The molecule has 0 saturated heterocycles. The topological polar surface area (TPSA) is 60.2 Å². The number of nitrogen functional groups attached to an aromatic ring is 1. The second-order valence-electron chi connectivity index (χ2n) is 3.35. The van der Waals surface area contributed by atoms with E-state index in [1.54, 1.807) is 11.8 Å². The Hall–Kier alpha value is -0.750. The number of benzene rings is 1. The monoisotopic (exact) mass is 263 g/mol. The quantitative estimate of drug-likeness (QED) is 0.501. The van der Waals surface area contributed by atoms with Crippen LogP contribution in [0.3, 0.4) is 0 Å². The summed E-state index contributed by atoms with van der Waals surface area (Å²) in [7, 11) is -3.38. The molecule has 16 heavy (non-hydrogen) atoms. The van der Waals surface area contributed by atoms with Gasteiger partial charge in [0.25, 0.3) is 0 Å². The van der Waals surface area contributed by atoms with Gasteiger partial charge in [0.1, 0.15) is 5.82 Å². The summed E-state index contributed by atoms with van der Waals surface area (Å²) in [5, 5.41) is 0. The predicted octanol–water partition coefficient (Wildman–Crippen LogP) is 1.93. The highest BCUT2D eigenvalue weighted by Gasteiger charge is 2.17. The summed E-state index contributed by atoms with van der Waals surface area (Å²) in [6.45, 7) is 0. The lowest BCUT2D eigenvalue weighted by molar-refractivity contribution is 0.594. The van der Waals surface area contributed by atoms with Crippen LogP contribution in [0.1, 0.15) is 6.42 Å². The SMILES string of the molecule is CSCCCS(=O)(=O)c1ccc(F)cc1N. The molecular formula is C10H14FNO2S2. The molecule has 0 heterocycles. The lowest BCUT2D eigenvalue weighted by Gasteiger charge is -2.06. The zero-order chi connectivity index (χ0) is 12.2. The molecule has 0 aliphatic rings. The van der Waals surface area contributed by atoms with Gasteiger partial charge in [0.15, 0.2) is 9.84 Å². The molecule has 0 aromatic heterocycles. The summed E-state index contributed by atoms with van der Waals surface area (Å²) in [6.07, 6.45) is 2.49. The molecule has 0 unspecified atom stereocenters. The van der Waals surface area contributed by atoms with Crippen LogP contribution >= 0.6 is 11.8 Å². The van der Waals surface area contributed by atoms with E-state index in [4.69, 9.17) is 5.73 Å². The fourth-order valence-corrected chi connectivity index (χ4v) is 3.36. The van der Waals surface area contributed by atoms with E-state index in [0.29, 0.717) is 6.42 Å². The van der Waals surface area contributed by atoms with Gasteiger partial charge in [-0.3, -0.25) is 0 Å². The summed E-state index contributed by atoms with van der Waals surface area (Å²) in [5.74, 6) is 0.296. The molecule has 0 saturated carbocycles. The van der Waals surface area contributed by atoms with Crippen molar-refractivity contribution in [2.45, 2.75) is 11.3 Å². The molecule has 0 spiro atoms. The van der Waals surface area contributed by atoms with E-state index in [9.17, 15) is 12.8 Å². The number of hydrogen-bond acceptors (Lipinski definition) is 4. The third-order valence-electron chi connectivity index (χ3n) is 2.07. The van der Waals surface area contributed by atoms with Crippen LogP contribution in [0.4, 0.5) is 10.1 Å². The van der Waals surface area contributed by atoms with Gasteiger partial charge < -0.3 is 5.73 Å². The molecule has 0 fully saturated rings. The summed E-state index contributed by atoms with van der Waals surface area (Å²) in [6, 6.07) is 3.36. The van der Waals surface area contributed by atoms with Crippen LogP contribution in [0.25, 0.3) is 0 Å². The molecule has 1 aromatic rings. The zero-order valence-corrected chi connectivity index (χ0v) is 10.6. The van der Waals surface area contributed by atoms with Crippen molar-refractivity contribution >= 4 is 27.3 Å². The normalized spacial score (nSPS) is 11.6. The Morgan fingerprint density at radius 3 is 2.69 bits per heavy atom. The van der Waals surface area contributed by atoms with E-state index in [1.807, 2.05) is 6.26 Å². The van der Waals surface area contributed by atoms with Crippen molar-refractivity contribution in [2.24, 2.45) is 0 Å². The van der Waals surface area contributed by atoms with Crippen molar-refractivity contribution in [1.29, 1.82) is 0 Å². The van der Waals surface area contributed by atoms with Crippen molar-refractivity contribution in [1.82, 2.24) is 0 Å². The summed E-state index contributed by atoms with van der Waals surface area (Å²) in [5.41, 5.74) is 5.46. The largest absolute Gasteiger partial charge is 0.398 e. The fraction of sp³-hybridized carbons (Fsp3) is 0.400. The number of sulfone groups is 1. The molecule has 0 amide bonds. The molecule has 0 aliphatic heterocycles. The number of rotatable bonds is 5. The van der Waals surface area contributed by atoms with Crippen molar-refractivity contribution in [3.63, 3.8) is 0 Å². The number of halogens is 1. The maximum Gasteiger partial charge on any atom is 0.180 e. The molecule has 6 heteroatoms. The average Bonchev–Trinajstić information content (AvgIpc) is 2.17. The first-order chi connectivity index (χ1) is 7.47. The Balaban J connectivity index is 2.90. The Bertz CT molecular complexity index is 460. The molecule has 0 atom stereocenters. The van der Waals surface area contributed by atoms with Crippen LogP contribution in [0.2, 0.25) is 0 Å². The molecule has 0 radical (unpaired) electrons. The molecule has 1 aromatic carbocycles. The van der Waals surface area contributed by atoms with Crippen molar-refractivity contribution in [3.8, 4) is 0 Å². The van der Waals surface area contributed by atoms with Crippen molar-refractivity contribution in [2.75, 3.05) is 23.5 Å². The highest BCUT2D eigenvalue weighted by atomic mass is 32.2. The van der Waals surface area contributed by atoms with Gasteiger partial charge in [0.05, 0.1) is 16.3 Å². The molecule has 1 rings (SSSR count). The third kappa shape index (κ3) is 3.38. The number of thioether (sulfide) groups is 1. The second-order valence-corrected chi connectivity index (χ2v) is 6.41. The van der Waals surface area contributed by atoms with E-state index in [1.165, 1.54) is 6.07 Å². The van der Waals surface area contributed by atoms with Gasteiger partial charge >= 0.3 is 0 Å². The summed E-state index contributed by atoms with van der Waals surface area (Å²) in [4.78, 5) is 0.0232. The Morgan fingerprint density at radius 1 is 1.44 bits per heavy atom. The third-order valence-corrected chi connectivity index (χ3v) is 4.63. The van der Waals surface area contributed by atoms with Gasteiger partial charge in [0, 0.05) is 0 Å². The van der Waals surface area contributed by atoms with E-state index >= 15 is 0 Å². The first-order valence-electron chi connectivity index (χ1n) is 4.74. The highest BCUT2D eigenvalue weighted by molar-refractivity contribution is 7.98. The van der Waals surface area contributed by atoms with Gasteiger partial charge in [0.2, 0.25) is 0 Å². The number of anilines is 1. The molecular weight excluding hydrogens is 249 g/mol. The maximum absolute atomic E-state index is 12.8. The maximum atomic E-state index is 12.8. The van der Waals surface area contributed by atoms with E-state index in [0.717, 1.165) is 17.9 Å². The fourth-order valence-electron chi connectivity index (χ4n) is 1.31. The standard InChI is InChI=1S/C10H14FNO2S2/c1-15-5-2-6-16(13,14)10-4-3-8(11)7-9(10)12/h3-4,7H,2,5-6,12H2,1H3. The number of hydrogen-bond donors (Lipinski definition) is 1. The predicted molar refractivity (Wildman–Crippen MR) is 65.9 cm³/mol. The van der Waals surface area contributed by atoms with Gasteiger partial charge in [-0.25, -0.2) is 12.8 Å². The Labute approximate surface area is 99.1 Å². The average molecular weight is 263 g/mol. The highest BCUT2D eigenvalue weighted by Crippen LogP contribution is 2.21. The lowest BCUT2D eigenvalue weighted by Crippen LogP contribution is -2.10. The van der Waals surface area contributed by atoms with Gasteiger partial charge in [-0.2, -0.15) is 11.8 Å². The van der Waals surface area contributed by atoms with E-state index < -0.39 is 15.7 Å². The van der Waals surface area contributed by atoms with Gasteiger partial charge in [-0.15, -0.1) is 0 Å². The smallest absolute Gasteiger partial charge is 0.180 e. The minimum Gasteiger partial charge on any atom is -0.398 e. The summed E-state index contributed by atoms with van der Waals surface area (Å²) < 4.78 is 36.4. The Morgan fingerprint density at radius 2 is 2.12 bits per heavy atom. The molecule has 0 aliphatic carbocycles. The summed E-state index contributed by atoms with van der Waals surface area (Å²) >= 11 is 1.59. The zero-order valence-electron chi connectivity index (χ0n) is 8.94. The molecule has 2 N–H and O–H groups in total. The first-order valence-corrected chi connectivity index (χ1v) is 7.78. The van der Waals surface area contributed by atoms with Crippen LogP contribution in [-0.2, 0) is 9.84 Å². The van der Waals surface area contributed by atoms with Gasteiger partial charge in [-0.1, -0.05) is 0 Å².